The summed E-state index contributed by atoms with van der Waals surface area (Å²) in [6.45, 7) is 3.77. The molecule has 52 valence electrons. The van der Waals surface area contributed by atoms with Gasteiger partial charge in [-0.2, -0.15) is 10.5 Å². The van der Waals surface area contributed by atoms with E-state index in [4.69, 9.17) is 10.5 Å². The van der Waals surface area contributed by atoms with Crippen LogP contribution in [0.3, 0.4) is 0 Å². The van der Waals surface area contributed by atoms with E-state index in [0.717, 1.165) is 11.1 Å². The van der Waals surface area contributed by atoms with Gasteiger partial charge in [-0.1, -0.05) is 11.1 Å². The van der Waals surface area contributed by atoms with Gasteiger partial charge in [0.15, 0.2) is 0 Å². The summed E-state index contributed by atoms with van der Waals surface area (Å²) in [5.74, 6) is 0. The molecule has 0 aromatic rings. The van der Waals surface area contributed by atoms with Crippen molar-refractivity contribution in [3.8, 4) is 12.1 Å². The Kier molecular flexibility index (Phi) is 4.00. The zero-order valence-electron chi connectivity index (χ0n) is 6.31. The third-order valence-corrected chi connectivity index (χ3v) is 1.42. The highest BCUT2D eigenvalue weighted by molar-refractivity contribution is 5.16. The molecule has 0 aromatic heterocycles. The summed E-state index contributed by atoms with van der Waals surface area (Å²) in [6, 6.07) is 4.08. The van der Waals surface area contributed by atoms with Crippen molar-refractivity contribution in [3.63, 3.8) is 0 Å². The lowest BCUT2D eigenvalue weighted by Gasteiger charge is -1.96. The van der Waals surface area contributed by atoms with Crippen molar-refractivity contribution in [3.05, 3.63) is 11.1 Å². The van der Waals surface area contributed by atoms with Crippen LogP contribution in [0.15, 0.2) is 11.1 Å². The number of nitriles is 2. The molecule has 0 fully saturated rings. The third kappa shape index (κ3) is 2.89. The van der Waals surface area contributed by atoms with Gasteiger partial charge in [-0.25, -0.2) is 0 Å². The molecule has 0 radical (unpaired) electrons. The van der Waals surface area contributed by atoms with Crippen LogP contribution in [-0.2, 0) is 0 Å². The fourth-order valence-corrected chi connectivity index (χ4v) is 0.539. The molecule has 0 aromatic carbocycles. The van der Waals surface area contributed by atoms with Crippen LogP contribution in [0.4, 0.5) is 0 Å². The Morgan fingerprint density at radius 1 is 1.00 bits per heavy atom. The molecule has 10 heavy (non-hydrogen) atoms. The minimum Gasteiger partial charge on any atom is -0.198 e. The zero-order chi connectivity index (χ0) is 7.98. The molecule has 2 nitrogen and oxygen atoms in total. The Morgan fingerprint density at radius 3 is 1.50 bits per heavy atom. The Bertz CT molecular complexity index is 188. The molecule has 0 aliphatic heterocycles. The molecular formula is C8H10N2. The molecule has 0 saturated carbocycles. The van der Waals surface area contributed by atoms with Crippen LogP contribution >= 0.6 is 0 Å². The second kappa shape index (κ2) is 4.58. The molecule has 0 rings (SSSR count). The second-order valence-electron chi connectivity index (χ2n) is 2.23. The van der Waals surface area contributed by atoms with Crippen molar-refractivity contribution in [1.29, 1.82) is 10.5 Å². The van der Waals surface area contributed by atoms with Gasteiger partial charge in [-0.3, -0.25) is 0 Å². The van der Waals surface area contributed by atoms with Gasteiger partial charge in [0, 0.05) is 0 Å². The van der Waals surface area contributed by atoms with Crippen molar-refractivity contribution in [2.24, 2.45) is 0 Å². The van der Waals surface area contributed by atoms with Crippen LogP contribution in [0.1, 0.15) is 26.7 Å². The molecule has 0 aliphatic carbocycles. The Morgan fingerprint density at radius 2 is 1.30 bits per heavy atom. The number of hydrogen-bond acceptors (Lipinski definition) is 2. The molecule has 0 spiro atoms. The van der Waals surface area contributed by atoms with Gasteiger partial charge in [0.25, 0.3) is 0 Å². The maximum Gasteiger partial charge on any atom is 0.0666 e. The lowest BCUT2D eigenvalue weighted by molar-refractivity contribution is 1.08. The van der Waals surface area contributed by atoms with Crippen molar-refractivity contribution in [2.75, 3.05) is 0 Å². The lowest BCUT2D eigenvalue weighted by Crippen LogP contribution is -1.81. The first-order chi connectivity index (χ1) is 4.72. The summed E-state index contributed by atoms with van der Waals surface area (Å²) >= 11 is 0. The average molecular weight is 134 g/mol. The topological polar surface area (TPSA) is 47.6 Å². The summed E-state index contributed by atoms with van der Waals surface area (Å²) in [4.78, 5) is 0. The van der Waals surface area contributed by atoms with Crippen LogP contribution in [0.5, 0.6) is 0 Å². The van der Waals surface area contributed by atoms with E-state index in [9.17, 15) is 0 Å². The zero-order valence-corrected chi connectivity index (χ0v) is 6.31. The molecule has 0 atom stereocenters. The monoisotopic (exact) mass is 134 g/mol. The van der Waals surface area contributed by atoms with E-state index < -0.39 is 0 Å². The minimum absolute atomic E-state index is 0.438. The van der Waals surface area contributed by atoms with Gasteiger partial charge in [0.05, 0.1) is 25.0 Å². The smallest absolute Gasteiger partial charge is 0.0666 e. The van der Waals surface area contributed by atoms with E-state index >= 15 is 0 Å². The second-order valence-corrected chi connectivity index (χ2v) is 2.23. The number of allylic oxidation sites excluding steroid dienone is 2. The fraction of sp³-hybridized carbons (Fsp3) is 0.500. The largest absolute Gasteiger partial charge is 0.198 e. The summed E-state index contributed by atoms with van der Waals surface area (Å²) < 4.78 is 0. The molecule has 0 bridgehead atoms. The van der Waals surface area contributed by atoms with Gasteiger partial charge >= 0.3 is 0 Å². The van der Waals surface area contributed by atoms with E-state index in [-0.39, 0.29) is 0 Å². The maximum atomic E-state index is 8.29. The lowest BCUT2D eigenvalue weighted by atomic mass is 10.1. The van der Waals surface area contributed by atoms with E-state index in [1.54, 1.807) is 0 Å². The Labute approximate surface area is 61.4 Å². The highest BCUT2D eigenvalue weighted by atomic mass is 14.2. The first kappa shape index (κ1) is 8.72. The SMILES string of the molecule is CC(CC#N)=C(C)CC#N. The quantitative estimate of drug-likeness (QED) is 0.543. The first-order valence-corrected chi connectivity index (χ1v) is 3.11. The minimum atomic E-state index is 0.438. The van der Waals surface area contributed by atoms with E-state index in [1.165, 1.54) is 0 Å². The van der Waals surface area contributed by atoms with Crippen molar-refractivity contribution in [1.82, 2.24) is 0 Å². The maximum absolute atomic E-state index is 8.29. The van der Waals surface area contributed by atoms with Crippen LogP contribution in [0.25, 0.3) is 0 Å². The summed E-state index contributed by atoms with van der Waals surface area (Å²) in [7, 11) is 0. The first-order valence-electron chi connectivity index (χ1n) is 3.11. The Hall–Kier alpha value is -1.28. The highest BCUT2D eigenvalue weighted by Crippen LogP contribution is 2.09. The number of hydrogen-bond donors (Lipinski definition) is 0. The highest BCUT2D eigenvalue weighted by Gasteiger charge is 1.94. The van der Waals surface area contributed by atoms with Crippen molar-refractivity contribution in [2.45, 2.75) is 26.7 Å². The standard InChI is InChI=1S/C8H10N2/c1-7(3-5-9)8(2)4-6-10/h3-4H2,1-2H3. The van der Waals surface area contributed by atoms with Gasteiger partial charge in [0.2, 0.25) is 0 Å². The molecule has 0 aliphatic rings. The molecular weight excluding hydrogens is 124 g/mol. The van der Waals surface area contributed by atoms with Gasteiger partial charge < -0.3 is 0 Å². The number of rotatable bonds is 2. The normalized spacial score (nSPS) is 11.2. The summed E-state index contributed by atoms with van der Waals surface area (Å²) in [6.07, 6.45) is 0.876. The Balaban J connectivity index is 4.11. The van der Waals surface area contributed by atoms with E-state index in [0.29, 0.717) is 12.8 Å². The predicted molar refractivity (Wildman–Crippen MR) is 38.8 cm³/mol. The average Bonchev–Trinajstić information content (AvgIpc) is 1.89. The molecule has 0 heterocycles. The van der Waals surface area contributed by atoms with Gasteiger partial charge in [-0.05, 0) is 13.8 Å². The number of nitrogens with zero attached hydrogens (tertiary/aromatic N) is 2. The molecule has 0 N–H and O–H groups in total. The van der Waals surface area contributed by atoms with Crippen LogP contribution < -0.4 is 0 Å². The van der Waals surface area contributed by atoms with Gasteiger partial charge in [-0.15, -0.1) is 0 Å². The molecule has 0 amide bonds. The van der Waals surface area contributed by atoms with Crippen LogP contribution in [-0.4, -0.2) is 0 Å². The van der Waals surface area contributed by atoms with Gasteiger partial charge in [0.1, 0.15) is 0 Å². The third-order valence-electron chi connectivity index (χ3n) is 1.42. The van der Waals surface area contributed by atoms with Crippen molar-refractivity contribution >= 4 is 0 Å². The van der Waals surface area contributed by atoms with E-state index in [1.807, 2.05) is 26.0 Å². The van der Waals surface area contributed by atoms with E-state index in [2.05, 4.69) is 0 Å². The molecule has 0 unspecified atom stereocenters. The summed E-state index contributed by atoms with van der Waals surface area (Å²) in [5, 5.41) is 16.6. The van der Waals surface area contributed by atoms with Crippen LogP contribution in [0.2, 0.25) is 0 Å². The van der Waals surface area contributed by atoms with Crippen LogP contribution in [0, 0.1) is 22.7 Å². The summed E-state index contributed by atoms with van der Waals surface area (Å²) in [5.41, 5.74) is 2.04. The predicted octanol–water partition coefficient (Wildman–Crippen LogP) is 2.15. The molecule has 0 saturated heterocycles. The van der Waals surface area contributed by atoms with Crippen molar-refractivity contribution < 1.29 is 0 Å². The fourth-order valence-electron chi connectivity index (χ4n) is 0.539. The molecule has 2 heteroatoms.